The highest BCUT2D eigenvalue weighted by molar-refractivity contribution is 5.81. The van der Waals surface area contributed by atoms with Crippen molar-refractivity contribution in [3.8, 4) is 0 Å². The summed E-state index contributed by atoms with van der Waals surface area (Å²) in [5.41, 5.74) is 1.08. The third-order valence-corrected chi connectivity index (χ3v) is 3.13. The first-order valence-electron chi connectivity index (χ1n) is 5.21. The number of hydrogen-bond acceptors (Lipinski definition) is 2. The summed E-state index contributed by atoms with van der Waals surface area (Å²) in [6, 6.07) is 7.69. The molecule has 1 aromatic rings. The van der Waals surface area contributed by atoms with Crippen molar-refractivity contribution in [2.75, 3.05) is 6.54 Å². The van der Waals surface area contributed by atoms with Gasteiger partial charge in [-0.15, -0.1) is 0 Å². The van der Waals surface area contributed by atoms with Gasteiger partial charge in [-0.05, 0) is 37.4 Å². The van der Waals surface area contributed by atoms with E-state index in [1.165, 1.54) is 0 Å². The Balaban J connectivity index is 2.50. The van der Waals surface area contributed by atoms with E-state index in [0.29, 0.717) is 6.42 Å². The predicted molar refractivity (Wildman–Crippen MR) is 57.7 cm³/mol. The van der Waals surface area contributed by atoms with Crippen molar-refractivity contribution in [2.45, 2.75) is 25.3 Å². The molecule has 2 N–H and O–H groups in total. The molecule has 80 valence electrons. The molecule has 1 aromatic carbocycles. The van der Waals surface area contributed by atoms with Crippen LogP contribution in [0.1, 0.15) is 24.0 Å². The molecule has 15 heavy (non-hydrogen) atoms. The van der Waals surface area contributed by atoms with Crippen molar-refractivity contribution in [2.24, 2.45) is 0 Å². The minimum absolute atomic E-state index is 0.674. The van der Waals surface area contributed by atoms with E-state index in [-0.39, 0.29) is 0 Å². The number of benzene rings is 1. The molecule has 0 saturated carbocycles. The van der Waals surface area contributed by atoms with Crippen molar-refractivity contribution in [1.82, 2.24) is 5.32 Å². The summed E-state index contributed by atoms with van der Waals surface area (Å²) in [7, 11) is 0. The van der Waals surface area contributed by atoms with Gasteiger partial charge in [-0.25, -0.2) is 4.79 Å². The Morgan fingerprint density at radius 3 is 2.73 bits per heavy atom. The Hall–Kier alpha value is -1.35. The van der Waals surface area contributed by atoms with Gasteiger partial charge in [0.05, 0.1) is 0 Å². The number of carbonyl (C=O) groups is 1. The zero-order valence-corrected chi connectivity index (χ0v) is 8.79. The zero-order valence-electron chi connectivity index (χ0n) is 8.79. The summed E-state index contributed by atoms with van der Waals surface area (Å²) in [6.45, 7) is 2.74. The van der Waals surface area contributed by atoms with E-state index in [1.54, 1.807) is 0 Å². The lowest BCUT2D eigenvalue weighted by atomic mass is 9.85. The summed E-state index contributed by atoms with van der Waals surface area (Å²) >= 11 is 0. The van der Waals surface area contributed by atoms with Crippen LogP contribution in [-0.4, -0.2) is 17.6 Å². The fourth-order valence-corrected chi connectivity index (χ4v) is 2.32. The fraction of sp³-hybridized carbons (Fsp3) is 0.417. The average Bonchev–Trinajstić information content (AvgIpc) is 2.68. The highest BCUT2D eigenvalue weighted by atomic mass is 16.4. The van der Waals surface area contributed by atoms with Crippen LogP contribution in [0.25, 0.3) is 0 Å². The largest absolute Gasteiger partial charge is 0.480 e. The van der Waals surface area contributed by atoms with Crippen LogP contribution >= 0.6 is 0 Å². The molecule has 1 atom stereocenters. The highest BCUT2D eigenvalue weighted by Crippen LogP contribution is 2.33. The number of hydrogen-bond donors (Lipinski definition) is 2. The topological polar surface area (TPSA) is 49.3 Å². The Kier molecular flexibility index (Phi) is 2.49. The predicted octanol–water partition coefficient (Wildman–Crippen LogP) is 1.66. The van der Waals surface area contributed by atoms with Crippen molar-refractivity contribution < 1.29 is 9.90 Å². The van der Waals surface area contributed by atoms with Gasteiger partial charge in [0.25, 0.3) is 0 Å². The van der Waals surface area contributed by atoms with Crippen LogP contribution in [0, 0.1) is 6.92 Å². The molecule has 1 saturated heterocycles. The molecule has 3 heteroatoms. The van der Waals surface area contributed by atoms with Crippen LogP contribution < -0.4 is 5.32 Å². The van der Waals surface area contributed by atoms with Gasteiger partial charge in [0.2, 0.25) is 0 Å². The molecule has 0 aromatic heterocycles. The molecular weight excluding hydrogens is 190 g/mol. The summed E-state index contributed by atoms with van der Waals surface area (Å²) in [6.07, 6.45) is 1.59. The first kappa shape index (κ1) is 10.2. The van der Waals surface area contributed by atoms with Crippen molar-refractivity contribution >= 4 is 5.97 Å². The number of carboxylic acid groups (broad SMARTS) is 1. The molecule has 0 bridgehead atoms. The molecule has 1 fully saturated rings. The SMILES string of the molecule is Cc1ccccc1C1(C(=O)O)CCCN1. The Bertz CT molecular complexity index is 381. The highest BCUT2D eigenvalue weighted by Gasteiger charge is 2.43. The van der Waals surface area contributed by atoms with E-state index in [2.05, 4.69) is 5.32 Å². The van der Waals surface area contributed by atoms with Gasteiger partial charge >= 0.3 is 5.97 Å². The summed E-state index contributed by atoms with van der Waals surface area (Å²) in [5, 5.41) is 12.5. The van der Waals surface area contributed by atoms with Crippen LogP contribution in [0.5, 0.6) is 0 Å². The van der Waals surface area contributed by atoms with Crippen molar-refractivity contribution in [3.05, 3.63) is 35.4 Å². The van der Waals surface area contributed by atoms with Gasteiger partial charge in [-0.3, -0.25) is 5.32 Å². The maximum atomic E-state index is 11.4. The first-order valence-corrected chi connectivity index (χ1v) is 5.21. The Morgan fingerprint density at radius 1 is 1.47 bits per heavy atom. The number of aliphatic carboxylic acids is 1. The normalized spacial score (nSPS) is 25.4. The standard InChI is InChI=1S/C12H15NO2/c1-9-5-2-3-6-10(9)12(11(14)15)7-4-8-13-12/h2-3,5-6,13H,4,7-8H2,1H3,(H,14,15). The van der Waals surface area contributed by atoms with E-state index >= 15 is 0 Å². The van der Waals surface area contributed by atoms with Gasteiger partial charge in [-0.2, -0.15) is 0 Å². The second-order valence-corrected chi connectivity index (χ2v) is 4.06. The van der Waals surface area contributed by atoms with E-state index in [4.69, 9.17) is 0 Å². The molecule has 2 rings (SSSR count). The van der Waals surface area contributed by atoms with E-state index in [9.17, 15) is 9.90 Å². The monoisotopic (exact) mass is 205 g/mol. The molecule has 1 unspecified atom stereocenters. The quantitative estimate of drug-likeness (QED) is 0.772. The van der Waals surface area contributed by atoms with E-state index < -0.39 is 11.5 Å². The molecule has 0 amide bonds. The molecule has 1 heterocycles. The maximum Gasteiger partial charge on any atom is 0.328 e. The lowest BCUT2D eigenvalue weighted by molar-refractivity contribution is -0.144. The lowest BCUT2D eigenvalue weighted by Gasteiger charge is -2.26. The minimum atomic E-state index is -0.856. The molecule has 0 spiro atoms. The number of carboxylic acids is 1. The summed E-state index contributed by atoms with van der Waals surface area (Å²) in [5.74, 6) is -0.769. The van der Waals surface area contributed by atoms with E-state index in [1.807, 2.05) is 31.2 Å². The zero-order chi connectivity index (χ0) is 10.9. The molecular formula is C12H15NO2. The smallest absolute Gasteiger partial charge is 0.328 e. The second-order valence-electron chi connectivity index (χ2n) is 4.06. The van der Waals surface area contributed by atoms with Crippen LogP contribution in [0.3, 0.4) is 0 Å². The third-order valence-electron chi connectivity index (χ3n) is 3.13. The van der Waals surface area contributed by atoms with Crippen LogP contribution in [0.2, 0.25) is 0 Å². The van der Waals surface area contributed by atoms with Gasteiger partial charge in [0, 0.05) is 0 Å². The van der Waals surface area contributed by atoms with Gasteiger partial charge in [0.1, 0.15) is 5.54 Å². The van der Waals surface area contributed by atoms with Gasteiger partial charge in [-0.1, -0.05) is 24.3 Å². The molecule has 3 nitrogen and oxygen atoms in total. The number of aryl methyl sites for hydroxylation is 1. The number of rotatable bonds is 2. The third kappa shape index (κ3) is 1.53. The first-order chi connectivity index (χ1) is 7.17. The van der Waals surface area contributed by atoms with Gasteiger partial charge < -0.3 is 5.11 Å². The number of nitrogens with one attached hydrogen (secondary N) is 1. The van der Waals surface area contributed by atoms with Crippen LogP contribution in [0.15, 0.2) is 24.3 Å². The minimum Gasteiger partial charge on any atom is -0.480 e. The molecule has 1 aliphatic heterocycles. The fourth-order valence-electron chi connectivity index (χ4n) is 2.32. The summed E-state index contributed by atoms with van der Waals surface area (Å²) < 4.78 is 0. The van der Waals surface area contributed by atoms with E-state index in [0.717, 1.165) is 24.1 Å². The summed E-state index contributed by atoms with van der Waals surface area (Å²) in [4.78, 5) is 11.4. The van der Waals surface area contributed by atoms with Crippen molar-refractivity contribution in [3.63, 3.8) is 0 Å². The average molecular weight is 205 g/mol. The van der Waals surface area contributed by atoms with Crippen molar-refractivity contribution in [1.29, 1.82) is 0 Å². The molecule has 0 aliphatic carbocycles. The maximum absolute atomic E-state index is 11.4. The molecule has 0 radical (unpaired) electrons. The van der Waals surface area contributed by atoms with Gasteiger partial charge in [0.15, 0.2) is 0 Å². The Labute approximate surface area is 89.1 Å². The Morgan fingerprint density at radius 2 is 2.20 bits per heavy atom. The second kappa shape index (κ2) is 3.66. The van der Waals surface area contributed by atoms with Crippen LogP contribution in [-0.2, 0) is 10.3 Å². The molecule has 1 aliphatic rings. The van der Waals surface area contributed by atoms with Crippen LogP contribution in [0.4, 0.5) is 0 Å². The lowest BCUT2D eigenvalue weighted by Crippen LogP contribution is -2.45.